The van der Waals surface area contributed by atoms with E-state index in [0.717, 1.165) is 46.9 Å². The summed E-state index contributed by atoms with van der Waals surface area (Å²) in [4.78, 5) is 4.68. The zero-order chi connectivity index (χ0) is 18.8. The number of hydrogen-bond donors (Lipinski definition) is 1. The minimum atomic E-state index is 0.528. The van der Waals surface area contributed by atoms with Gasteiger partial charge in [0.1, 0.15) is 0 Å². The quantitative estimate of drug-likeness (QED) is 0.566. The number of hydrogen-bond acceptors (Lipinski definition) is 5. The monoisotopic (exact) mass is 362 g/mol. The Morgan fingerprint density at radius 3 is 2.48 bits per heavy atom. The number of nitrogens with zero attached hydrogens (tertiary/aromatic N) is 7. The average Bonchev–Trinajstić information content (AvgIpc) is 3.39. The highest BCUT2D eigenvalue weighted by atomic mass is 15.4. The van der Waals surface area contributed by atoms with E-state index in [1.54, 1.807) is 4.68 Å². The van der Waals surface area contributed by atoms with Gasteiger partial charge in [-0.15, -0.1) is 5.10 Å². The van der Waals surface area contributed by atoms with Gasteiger partial charge in [-0.1, -0.05) is 29.5 Å². The number of aryl methyl sites for hydroxylation is 4. The van der Waals surface area contributed by atoms with Crippen LogP contribution in [0.1, 0.15) is 11.3 Å². The van der Waals surface area contributed by atoms with Crippen LogP contribution >= 0.6 is 0 Å². The predicted molar refractivity (Wildman–Crippen MR) is 103 cm³/mol. The van der Waals surface area contributed by atoms with Crippen molar-refractivity contribution in [1.29, 1.82) is 0 Å². The van der Waals surface area contributed by atoms with Crippen molar-refractivity contribution in [2.45, 2.75) is 26.6 Å². The molecule has 0 aliphatic rings. The summed E-state index contributed by atoms with van der Waals surface area (Å²) < 4.78 is 5.78. The summed E-state index contributed by atoms with van der Waals surface area (Å²) in [5.74, 6) is 0. The maximum atomic E-state index is 5.74. The van der Waals surface area contributed by atoms with Gasteiger partial charge in [-0.05, 0) is 12.5 Å². The van der Waals surface area contributed by atoms with Crippen molar-refractivity contribution in [2.75, 3.05) is 0 Å². The van der Waals surface area contributed by atoms with Gasteiger partial charge in [0, 0.05) is 43.7 Å². The Morgan fingerprint density at radius 1 is 1.04 bits per heavy atom. The van der Waals surface area contributed by atoms with Crippen molar-refractivity contribution in [1.82, 2.24) is 34.3 Å². The van der Waals surface area contributed by atoms with Crippen molar-refractivity contribution in [3.8, 4) is 22.5 Å². The maximum Gasteiger partial charge on any atom is 0.0994 e. The van der Waals surface area contributed by atoms with Crippen LogP contribution < -0.4 is 5.73 Å². The van der Waals surface area contributed by atoms with Crippen LogP contribution in [-0.4, -0.2) is 34.3 Å². The Morgan fingerprint density at radius 2 is 1.85 bits per heavy atom. The largest absolute Gasteiger partial charge is 0.328 e. The second kappa shape index (κ2) is 7.16. The van der Waals surface area contributed by atoms with Gasteiger partial charge in [-0.2, -0.15) is 5.10 Å². The number of aromatic nitrogens is 7. The average molecular weight is 362 g/mol. The van der Waals surface area contributed by atoms with Crippen LogP contribution in [0.2, 0.25) is 0 Å². The van der Waals surface area contributed by atoms with Gasteiger partial charge in [0.05, 0.1) is 36.2 Å². The van der Waals surface area contributed by atoms with Crippen LogP contribution in [-0.2, 0) is 26.7 Å². The topological polar surface area (TPSA) is 92.4 Å². The first kappa shape index (κ1) is 17.2. The molecule has 27 heavy (non-hydrogen) atoms. The molecule has 0 bridgehead atoms. The standard InChI is InChI=1S/C19H22N8/c1-14-11-27(24-23-14)8-7-26-13-21-18(17-10-22-25(2)12-17)19(26)16-5-3-15(9-20)4-6-16/h3-6,10-13H,7-9,20H2,1-2H3. The van der Waals surface area contributed by atoms with Gasteiger partial charge < -0.3 is 10.3 Å². The molecule has 1 aromatic carbocycles. The molecule has 3 heterocycles. The van der Waals surface area contributed by atoms with E-state index in [9.17, 15) is 0 Å². The number of nitrogens with two attached hydrogens (primary N) is 1. The first-order chi connectivity index (χ1) is 13.1. The van der Waals surface area contributed by atoms with Crippen LogP contribution in [0.25, 0.3) is 22.5 Å². The Hall–Kier alpha value is -3.26. The van der Waals surface area contributed by atoms with E-state index in [1.807, 2.05) is 43.6 Å². The summed E-state index contributed by atoms with van der Waals surface area (Å²) in [6.45, 7) is 3.92. The lowest BCUT2D eigenvalue weighted by Crippen LogP contribution is -2.08. The van der Waals surface area contributed by atoms with Gasteiger partial charge in [0.25, 0.3) is 0 Å². The van der Waals surface area contributed by atoms with Gasteiger partial charge >= 0.3 is 0 Å². The highest BCUT2D eigenvalue weighted by Gasteiger charge is 2.16. The number of imidazole rings is 1. The van der Waals surface area contributed by atoms with E-state index in [2.05, 4.69) is 49.2 Å². The Bertz CT molecular complexity index is 1040. The summed E-state index contributed by atoms with van der Waals surface area (Å²) in [6.07, 6.45) is 7.63. The van der Waals surface area contributed by atoms with Crippen LogP contribution in [0.4, 0.5) is 0 Å². The second-order valence-electron chi connectivity index (χ2n) is 6.56. The van der Waals surface area contributed by atoms with Crippen molar-refractivity contribution in [3.63, 3.8) is 0 Å². The van der Waals surface area contributed by atoms with E-state index in [0.29, 0.717) is 6.54 Å². The third-order valence-corrected chi connectivity index (χ3v) is 4.50. The third-order valence-electron chi connectivity index (χ3n) is 4.50. The van der Waals surface area contributed by atoms with Crippen molar-refractivity contribution in [3.05, 3.63) is 60.4 Å². The van der Waals surface area contributed by atoms with Crippen LogP contribution in [0.3, 0.4) is 0 Å². The Balaban J connectivity index is 1.72. The molecule has 0 saturated heterocycles. The first-order valence-electron chi connectivity index (χ1n) is 8.84. The van der Waals surface area contributed by atoms with E-state index >= 15 is 0 Å². The molecule has 0 radical (unpaired) electrons. The van der Waals surface area contributed by atoms with Gasteiger partial charge in [-0.25, -0.2) is 4.98 Å². The van der Waals surface area contributed by atoms with Gasteiger partial charge in [0.15, 0.2) is 0 Å². The molecule has 0 aliphatic carbocycles. The van der Waals surface area contributed by atoms with E-state index < -0.39 is 0 Å². The molecule has 2 N–H and O–H groups in total. The number of benzene rings is 1. The molecular weight excluding hydrogens is 340 g/mol. The predicted octanol–water partition coefficient (Wildman–Crippen LogP) is 2.01. The fourth-order valence-electron chi connectivity index (χ4n) is 3.12. The molecule has 4 aromatic rings. The van der Waals surface area contributed by atoms with E-state index in [-0.39, 0.29) is 0 Å². The highest BCUT2D eigenvalue weighted by molar-refractivity contribution is 5.78. The molecule has 0 unspecified atom stereocenters. The molecule has 4 rings (SSSR count). The fraction of sp³-hybridized carbons (Fsp3) is 0.263. The van der Waals surface area contributed by atoms with Crippen molar-refractivity contribution >= 4 is 0 Å². The third kappa shape index (κ3) is 3.52. The zero-order valence-electron chi connectivity index (χ0n) is 15.4. The highest BCUT2D eigenvalue weighted by Crippen LogP contribution is 2.31. The van der Waals surface area contributed by atoms with Crippen LogP contribution in [0, 0.1) is 6.92 Å². The van der Waals surface area contributed by atoms with E-state index in [4.69, 9.17) is 5.73 Å². The van der Waals surface area contributed by atoms with Crippen molar-refractivity contribution < 1.29 is 0 Å². The zero-order valence-corrected chi connectivity index (χ0v) is 15.4. The number of rotatable bonds is 6. The molecule has 3 aromatic heterocycles. The summed E-state index contributed by atoms with van der Waals surface area (Å²) in [5.41, 5.74) is 11.8. The minimum absolute atomic E-state index is 0.528. The summed E-state index contributed by atoms with van der Waals surface area (Å²) >= 11 is 0. The van der Waals surface area contributed by atoms with Crippen molar-refractivity contribution in [2.24, 2.45) is 12.8 Å². The van der Waals surface area contributed by atoms with Gasteiger partial charge in [0.2, 0.25) is 0 Å². The Kier molecular flexibility index (Phi) is 4.55. The lowest BCUT2D eigenvalue weighted by molar-refractivity contribution is 0.521. The fourth-order valence-corrected chi connectivity index (χ4v) is 3.12. The molecule has 0 fully saturated rings. The molecule has 0 saturated carbocycles. The summed E-state index contributed by atoms with van der Waals surface area (Å²) in [7, 11) is 1.91. The maximum absolute atomic E-state index is 5.74. The second-order valence-corrected chi connectivity index (χ2v) is 6.56. The lowest BCUT2D eigenvalue weighted by Gasteiger charge is -2.11. The lowest BCUT2D eigenvalue weighted by atomic mass is 10.0. The minimum Gasteiger partial charge on any atom is -0.328 e. The molecule has 0 aliphatic heterocycles. The SMILES string of the molecule is Cc1cn(CCn2cnc(-c3cnn(C)c3)c2-c2ccc(CN)cc2)nn1. The van der Waals surface area contributed by atoms with Crippen LogP contribution in [0.5, 0.6) is 0 Å². The molecule has 0 atom stereocenters. The smallest absolute Gasteiger partial charge is 0.0994 e. The first-order valence-corrected chi connectivity index (χ1v) is 8.84. The van der Waals surface area contributed by atoms with E-state index in [1.165, 1.54) is 0 Å². The Labute approximate surface area is 157 Å². The molecule has 8 nitrogen and oxygen atoms in total. The van der Waals surface area contributed by atoms with Crippen LogP contribution in [0.15, 0.2) is 49.2 Å². The summed E-state index contributed by atoms with van der Waals surface area (Å²) in [5, 5.41) is 12.5. The molecule has 138 valence electrons. The van der Waals surface area contributed by atoms with Gasteiger partial charge in [-0.3, -0.25) is 9.36 Å². The molecule has 0 amide bonds. The summed E-state index contributed by atoms with van der Waals surface area (Å²) in [6, 6.07) is 8.30. The molecular formula is C19H22N8. The molecule has 8 heteroatoms. The normalized spacial score (nSPS) is 11.2. The molecule has 0 spiro atoms.